The standard InChI is InChI=1S/C15H22ClN3O3S/c1-11-9-22-7-6-19(11)13-8-12(17-14(16)18-13)15(10-23(20)21)4-2-3-5-15/h8,11,23H,2-7,9-10H2,1H3/t11-/m0/s1. The Morgan fingerprint density at radius 1 is 1.39 bits per heavy atom. The van der Waals surface area contributed by atoms with Gasteiger partial charge in [0.2, 0.25) is 5.28 Å². The zero-order valence-electron chi connectivity index (χ0n) is 13.2. The van der Waals surface area contributed by atoms with Gasteiger partial charge in [-0.15, -0.1) is 0 Å². The molecule has 1 aliphatic heterocycles. The molecule has 6 nitrogen and oxygen atoms in total. The Bertz CT molecular complexity index is 639. The number of hydrogen-bond acceptors (Lipinski definition) is 6. The number of morpholine rings is 1. The summed E-state index contributed by atoms with van der Waals surface area (Å²) in [6, 6.07) is 2.14. The first-order valence-corrected chi connectivity index (χ1v) is 9.75. The van der Waals surface area contributed by atoms with Gasteiger partial charge in [-0.3, -0.25) is 0 Å². The van der Waals surface area contributed by atoms with Crippen LogP contribution < -0.4 is 4.90 Å². The first-order valence-electron chi connectivity index (χ1n) is 8.01. The van der Waals surface area contributed by atoms with Gasteiger partial charge in [-0.1, -0.05) is 12.8 Å². The minimum Gasteiger partial charge on any atom is -0.377 e. The summed E-state index contributed by atoms with van der Waals surface area (Å²) in [7, 11) is -2.46. The van der Waals surface area contributed by atoms with Crippen molar-refractivity contribution in [3.63, 3.8) is 0 Å². The second kappa shape index (κ2) is 6.91. The minimum atomic E-state index is -2.46. The van der Waals surface area contributed by atoms with E-state index in [0.29, 0.717) is 13.2 Å². The van der Waals surface area contributed by atoms with Crippen molar-refractivity contribution in [3.8, 4) is 0 Å². The van der Waals surface area contributed by atoms with Crippen molar-refractivity contribution >= 4 is 28.1 Å². The molecule has 1 aliphatic carbocycles. The topological polar surface area (TPSA) is 72.4 Å². The predicted octanol–water partition coefficient (Wildman–Crippen LogP) is 1.78. The van der Waals surface area contributed by atoms with Gasteiger partial charge in [-0.05, 0) is 31.4 Å². The molecule has 0 bridgehead atoms. The maximum Gasteiger partial charge on any atom is 0.224 e. The highest BCUT2D eigenvalue weighted by atomic mass is 35.5. The average molecular weight is 360 g/mol. The van der Waals surface area contributed by atoms with Crippen molar-refractivity contribution in [2.45, 2.75) is 44.1 Å². The van der Waals surface area contributed by atoms with E-state index in [2.05, 4.69) is 21.8 Å². The van der Waals surface area contributed by atoms with Crippen LogP contribution in [-0.4, -0.2) is 49.9 Å². The lowest BCUT2D eigenvalue weighted by atomic mass is 9.84. The zero-order valence-corrected chi connectivity index (χ0v) is 14.9. The molecule has 1 saturated heterocycles. The molecule has 1 saturated carbocycles. The van der Waals surface area contributed by atoms with E-state index >= 15 is 0 Å². The molecule has 0 spiro atoms. The maximum atomic E-state index is 11.4. The lowest BCUT2D eigenvalue weighted by Gasteiger charge is -2.35. The van der Waals surface area contributed by atoms with E-state index in [9.17, 15) is 8.42 Å². The molecule has 1 aromatic heterocycles. The van der Waals surface area contributed by atoms with Crippen LogP contribution in [0.3, 0.4) is 0 Å². The molecule has 0 radical (unpaired) electrons. The van der Waals surface area contributed by atoms with Gasteiger partial charge in [0.15, 0.2) is 0 Å². The predicted molar refractivity (Wildman–Crippen MR) is 90.0 cm³/mol. The van der Waals surface area contributed by atoms with Gasteiger partial charge in [-0.2, -0.15) is 0 Å². The van der Waals surface area contributed by atoms with Crippen LogP contribution in [0, 0.1) is 0 Å². The normalized spacial score (nSPS) is 24.3. The fourth-order valence-electron chi connectivity index (χ4n) is 3.69. The summed E-state index contributed by atoms with van der Waals surface area (Å²) in [5, 5.41) is 0.184. The molecule has 2 heterocycles. The number of rotatable bonds is 4. The van der Waals surface area contributed by atoms with Crippen molar-refractivity contribution in [1.29, 1.82) is 0 Å². The number of thiol groups is 1. The second-order valence-electron chi connectivity index (χ2n) is 6.48. The summed E-state index contributed by atoms with van der Waals surface area (Å²) in [5.41, 5.74) is 0.356. The lowest BCUT2D eigenvalue weighted by molar-refractivity contribution is 0.0985. The number of ether oxygens (including phenoxy) is 1. The van der Waals surface area contributed by atoms with Crippen LogP contribution in [0.1, 0.15) is 38.3 Å². The molecule has 3 rings (SSSR count). The van der Waals surface area contributed by atoms with Gasteiger partial charge >= 0.3 is 0 Å². The monoisotopic (exact) mass is 359 g/mol. The largest absolute Gasteiger partial charge is 0.377 e. The van der Waals surface area contributed by atoms with Gasteiger partial charge in [0.1, 0.15) is 16.5 Å². The average Bonchev–Trinajstić information content (AvgIpc) is 2.96. The third kappa shape index (κ3) is 3.61. The summed E-state index contributed by atoms with van der Waals surface area (Å²) < 4.78 is 28.3. The van der Waals surface area contributed by atoms with Gasteiger partial charge in [-0.25, -0.2) is 18.4 Å². The number of nitrogens with zero attached hydrogens (tertiary/aromatic N) is 3. The van der Waals surface area contributed by atoms with Gasteiger partial charge in [0.05, 0.1) is 30.7 Å². The van der Waals surface area contributed by atoms with Crippen molar-refractivity contribution < 1.29 is 13.2 Å². The molecule has 0 N–H and O–H groups in total. The maximum absolute atomic E-state index is 11.4. The molecule has 8 heteroatoms. The summed E-state index contributed by atoms with van der Waals surface area (Å²) in [4.78, 5) is 10.9. The van der Waals surface area contributed by atoms with Crippen LogP contribution >= 0.6 is 11.6 Å². The Hall–Kier alpha value is -0.920. The fourth-order valence-corrected chi connectivity index (χ4v) is 4.84. The van der Waals surface area contributed by atoms with Gasteiger partial charge < -0.3 is 9.64 Å². The molecule has 2 aliphatic rings. The Kier molecular flexibility index (Phi) is 5.08. The third-order valence-electron chi connectivity index (χ3n) is 4.88. The van der Waals surface area contributed by atoms with E-state index in [0.717, 1.165) is 43.7 Å². The van der Waals surface area contributed by atoms with Crippen LogP contribution in [0.25, 0.3) is 0 Å². The van der Waals surface area contributed by atoms with Crippen LogP contribution in [0.2, 0.25) is 5.28 Å². The summed E-state index contributed by atoms with van der Waals surface area (Å²) in [6.45, 7) is 4.12. The molecule has 128 valence electrons. The summed E-state index contributed by atoms with van der Waals surface area (Å²) >= 11 is 6.16. The van der Waals surface area contributed by atoms with Crippen molar-refractivity contribution in [2.75, 3.05) is 30.4 Å². The SMILES string of the molecule is C[C@H]1COCCN1c1cc(C2(C[SH](=O)=O)CCCC2)nc(Cl)n1. The van der Waals surface area contributed by atoms with E-state index in [4.69, 9.17) is 16.3 Å². The van der Waals surface area contributed by atoms with Crippen LogP contribution in [0.15, 0.2) is 6.07 Å². The third-order valence-corrected chi connectivity index (χ3v) is 5.92. The zero-order chi connectivity index (χ0) is 16.4. The van der Waals surface area contributed by atoms with Crippen molar-refractivity contribution in [1.82, 2.24) is 9.97 Å². The molecule has 1 atom stereocenters. The molecule has 1 aromatic rings. The highest BCUT2D eigenvalue weighted by molar-refractivity contribution is 7.72. The highest BCUT2D eigenvalue weighted by Crippen LogP contribution is 2.41. The van der Waals surface area contributed by atoms with Gasteiger partial charge in [0, 0.05) is 18.0 Å². The summed E-state index contributed by atoms with van der Waals surface area (Å²) in [5.74, 6) is 0.900. The van der Waals surface area contributed by atoms with Crippen LogP contribution in [-0.2, 0) is 20.9 Å². The molecule has 0 unspecified atom stereocenters. The number of hydrogen-bond donors (Lipinski definition) is 1. The molecular formula is C15H22ClN3O3S. The molecular weight excluding hydrogens is 338 g/mol. The van der Waals surface area contributed by atoms with Crippen LogP contribution in [0.4, 0.5) is 5.82 Å². The van der Waals surface area contributed by atoms with E-state index in [1.54, 1.807) is 0 Å². The smallest absolute Gasteiger partial charge is 0.224 e. The fraction of sp³-hybridized carbons (Fsp3) is 0.733. The lowest BCUT2D eigenvalue weighted by Crippen LogP contribution is -2.44. The minimum absolute atomic E-state index is 0.133. The Morgan fingerprint density at radius 2 is 2.13 bits per heavy atom. The Balaban J connectivity index is 1.99. The number of anilines is 1. The quantitative estimate of drug-likeness (QED) is 0.652. The molecule has 0 amide bonds. The van der Waals surface area contributed by atoms with E-state index in [1.807, 2.05) is 6.07 Å². The highest BCUT2D eigenvalue weighted by Gasteiger charge is 2.39. The van der Waals surface area contributed by atoms with Crippen molar-refractivity contribution in [2.24, 2.45) is 0 Å². The Morgan fingerprint density at radius 3 is 2.78 bits per heavy atom. The van der Waals surface area contributed by atoms with E-state index < -0.39 is 16.1 Å². The molecule has 23 heavy (non-hydrogen) atoms. The number of halogens is 1. The summed E-state index contributed by atoms with van der Waals surface area (Å²) in [6.07, 6.45) is 3.71. The first kappa shape index (κ1) is 16.9. The molecule has 2 fully saturated rings. The first-order chi connectivity index (χ1) is 11.0. The molecule has 0 aromatic carbocycles. The van der Waals surface area contributed by atoms with E-state index in [1.165, 1.54) is 0 Å². The van der Waals surface area contributed by atoms with Crippen LogP contribution in [0.5, 0.6) is 0 Å². The number of aromatic nitrogens is 2. The Labute approximate surface area is 143 Å². The van der Waals surface area contributed by atoms with E-state index in [-0.39, 0.29) is 17.1 Å². The van der Waals surface area contributed by atoms with Gasteiger partial charge in [0.25, 0.3) is 0 Å². The second-order valence-corrected chi connectivity index (χ2v) is 7.80. The van der Waals surface area contributed by atoms with Crippen molar-refractivity contribution in [3.05, 3.63) is 17.0 Å².